The largest absolute Gasteiger partial charge is 0.367 e. The Labute approximate surface area is 156 Å². The molecule has 0 radical (unpaired) electrons. The minimum atomic E-state index is -0.216. The maximum atomic E-state index is 13.0. The number of hydrogen-bond acceptors (Lipinski definition) is 4. The van der Waals surface area contributed by atoms with Gasteiger partial charge in [-0.1, -0.05) is 12.1 Å². The fraction of sp³-hybridized carbons (Fsp3) is 0.333. The van der Waals surface area contributed by atoms with Crippen molar-refractivity contribution >= 4 is 28.5 Å². The lowest BCUT2D eigenvalue weighted by Crippen LogP contribution is -2.24. The molecule has 4 nitrogen and oxygen atoms in total. The summed E-state index contributed by atoms with van der Waals surface area (Å²) in [5.41, 5.74) is 2.95. The second-order valence-corrected chi connectivity index (χ2v) is 8.13. The van der Waals surface area contributed by atoms with E-state index >= 15 is 0 Å². The summed E-state index contributed by atoms with van der Waals surface area (Å²) >= 11 is 1.68. The topological polar surface area (TPSA) is 46.9 Å². The van der Waals surface area contributed by atoms with Gasteiger partial charge in [0, 0.05) is 16.3 Å². The average Bonchev–Trinajstić information content (AvgIpc) is 3.55. The molecule has 2 saturated carbocycles. The fourth-order valence-electron chi connectivity index (χ4n) is 3.44. The van der Waals surface area contributed by atoms with Crippen LogP contribution in [0.3, 0.4) is 0 Å². The van der Waals surface area contributed by atoms with Gasteiger partial charge in [-0.25, -0.2) is 4.79 Å². The van der Waals surface area contributed by atoms with Crippen LogP contribution in [0.5, 0.6) is 0 Å². The monoisotopic (exact) mass is 363 g/mol. The molecule has 3 aromatic rings. The Morgan fingerprint density at radius 1 is 1.12 bits per heavy atom. The Balaban J connectivity index is 1.76. The number of thioether (sulfide) groups is 1. The van der Waals surface area contributed by atoms with Crippen molar-refractivity contribution in [2.45, 2.75) is 42.5 Å². The van der Waals surface area contributed by atoms with Crippen molar-refractivity contribution in [2.75, 3.05) is 11.6 Å². The summed E-state index contributed by atoms with van der Waals surface area (Å²) in [4.78, 5) is 18.5. The Morgan fingerprint density at radius 3 is 2.69 bits per heavy atom. The van der Waals surface area contributed by atoms with Crippen LogP contribution in [0.15, 0.2) is 52.2 Å². The summed E-state index contributed by atoms with van der Waals surface area (Å²) in [7, 11) is 0. The third-order valence-corrected chi connectivity index (χ3v) is 5.92. The highest BCUT2D eigenvalue weighted by molar-refractivity contribution is 7.98. The van der Waals surface area contributed by atoms with Crippen LogP contribution in [0, 0.1) is 0 Å². The minimum Gasteiger partial charge on any atom is -0.367 e. The van der Waals surface area contributed by atoms with Gasteiger partial charge in [0.15, 0.2) is 0 Å². The standard InChI is InChI=1S/C21H21N3OS/c1-26-17-4-2-3-16(12-17)24-19-11-14(13-5-6-13)7-10-18(19)20(23-21(24)25)22-15-8-9-15/h2-4,7,10-13,15H,5-6,8-9H2,1H3,(H,22,23,25). The molecule has 0 saturated heterocycles. The van der Waals surface area contributed by atoms with Gasteiger partial charge in [0.1, 0.15) is 5.82 Å². The van der Waals surface area contributed by atoms with Crippen molar-refractivity contribution in [3.05, 3.63) is 58.5 Å². The summed E-state index contributed by atoms with van der Waals surface area (Å²) < 4.78 is 1.76. The maximum absolute atomic E-state index is 13.0. The Bertz CT molecular complexity index is 1050. The number of nitrogens with zero attached hydrogens (tertiary/aromatic N) is 2. The molecule has 2 fully saturated rings. The molecule has 1 N–H and O–H groups in total. The lowest BCUT2D eigenvalue weighted by Gasteiger charge is -2.15. The molecule has 1 aromatic heterocycles. The van der Waals surface area contributed by atoms with Gasteiger partial charge in [0.2, 0.25) is 0 Å². The van der Waals surface area contributed by atoms with Gasteiger partial charge >= 0.3 is 5.69 Å². The molecule has 5 heteroatoms. The Hall–Kier alpha value is -2.27. The highest BCUT2D eigenvalue weighted by Gasteiger charge is 2.26. The van der Waals surface area contributed by atoms with Crippen LogP contribution >= 0.6 is 11.8 Å². The van der Waals surface area contributed by atoms with Crippen LogP contribution in [0.25, 0.3) is 16.6 Å². The van der Waals surface area contributed by atoms with Crippen molar-refractivity contribution in [3.63, 3.8) is 0 Å². The van der Waals surface area contributed by atoms with Crippen molar-refractivity contribution in [2.24, 2.45) is 0 Å². The minimum absolute atomic E-state index is 0.216. The van der Waals surface area contributed by atoms with Crippen LogP contribution in [0.2, 0.25) is 0 Å². The quantitative estimate of drug-likeness (QED) is 0.675. The van der Waals surface area contributed by atoms with Gasteiger partial charge in [0.25, 0.3) is 0 Å². The zero-order valence-corrected chi connectivity index (χ0v) is 15.6. The highest BCUT2D eigenvalue weighted by Crippen LogP contribution is 2.41. The fourth-order valence-corrected chi connectivity index (χ4v) is 3.90. The number of aromatic nitrogens is 2. The Morgan fingerprint density at radius 2 is 1.96 bits per heavy atom. The van der Waals surface area contributed by atoms with Crippen molar-refractivity contribution < 1.29 is 0 Å². The zero-order chi connectivity index (χ0) is 17.7. The van der Waals surface area contributed by atoms with Crippen LogP contribution in [0.4, 0.5) is 5.82 Å². The molecular formula is C21H21N3OS. The number of fused-ring (bicyclic) bond motifs is 1. The molecular weight excluding hydrogens is 342 g/mol. The predicted octanol–water partition coefficient (Wildman–Crippen LogP) is 4.56. The van der Waals surface area contributed by atoms with Gasteiger partial charge < -0.3 is 5.32 Å². The molecule has 0 spiro atoms. The van der Waals surface area contributed by atoms with Crippen LogP contribution in [0.1, 0.15) is 37.2 Å². The van der Waals surface area contributed by atoms with E-state index in [0.29, 0.717) is 12.0 Å². The summed E-state index contributed by atoms with van der Waals surface area (Å²) in [6.07, 6.45) is 6.85. The van der Waals surface area contributed by atoms with Gasteiger partial charge in [0.05, 0.1) is 11.2 Å². The van der Waals surface area contributed by atoms with Gasteiger partial charge in [-0.2, -0.15) is 4.98 Å². The third-order valence-electron chi connectivity index (χ3n) is 5.20. The molecule has 1 heterocycles. The molecule has 5 rings (SSSR count). The number of nitrogens with one attached hydrogen (secondary N) is 1. The second kappa shape index (κ2) is 6.16. The van der Waals surface area contributed by atoms with Crippen molar-refractivity contribution in [1.82, 2.24) is 9.55 Å². The van der Waals surface area contributed by atoms with Gasteiger partial charge in [-0.3, -0.25) is 4.57 Å². The molecule has 26 heavy (non-hydrogen) atoms. The van der Waals surface area contributed by atoms with E-state index < -0.39 is 0 Å². The third kappa shape index (κ3) is 2.90. The summed E-state index contributed by atoms with van der Waals surface area (Å²) in [5.74, 6) is 1.38. The van der Waals surface area contributed by atoms with E-state index in [2.05, 4.69) is 40.6 Å². The summed E-state index contributed by atoms with van der Waals surface area (Å²) in [6, 6.07) is 15.1. The van der Waals surface area contributed by atoms with Gasteiger partial charge in [-0.05, 0) is 73.8 Å². The molecule has 0 aliphatic heterocycles. The molecule has 0 unspecified atom stereocenters. The molecule has 0 bridgehead atoms. The van der Waals surface area contributed by atoms with E-state index in [0.717, 1.165) is 40.1 Å². The summed E-state index contributed by atoms with van der Waals surface area (Å²) in [6.45, 7) is 0. The van der Waals surface area contributed by atoms with Crippen LogP contribution < -0.4 is 11.0 Å². The lowest BCUT2D eigenvalue weighted by atomic mass is 10.1. The highest BCUT2D eigenvalue weighted by atomic mass is 32.2. The summed E-state index contributed by atoms with van der Waals surface area (Å²) in [5, 5.41) is 4.46. The number of benzene rings is 2. The predicted molar refractivity (Wildman–Crippen MR) is 108 cm³/mol. The van der Waals surface area contributed by atoms with Crippen molar-refractivity contribution in [3.8, 4) is 5.69 Å². The first-order valence-electron chi connectivity index (χ1n) is 9.20. The van der Waals surface area contributed by atoms with E-state index in [4.69, 9.17) is 0 Å². The smallest absolute Gasteiger partial charge is 0.354 e. The number of hydrogen-bond donors (Lipinski definition) is 1. The first-order chi connectivity index (χ1) is 12.7. The normalized spacial score (nSPS) is 16.8. The van der Waals surface area contributed by atoms with Gasteiger partial charge in [-0.15, -0.1) is 11.8 Å². The van der Waals surface area contributed by atoms with Crippen LogP contribution in [-0.2, 0) is 0 Å². The van der Waals surface area contributed by atoms with E-state index in [1.165, 1.54) is 18.4 Å². The van der Waals surface area contributed by atoms with E-state index in [1.807, 2.05) is 18.4 Å². The second-order valence-electron chi connectivity index (χ2n) is 7.25. The van der Waals surface area contributed by atoms with E-state index in [1.54, 1.807) is 16.3 Å². The molecule has 2 aliphatic rings. The maximum Gasteiger partial charge on any atom is 0.354 e. The number of rotatable bonds is 5. The van der Waals surface area contributed by atoms with E-state index in [9.17, 15) is 4.79 Å². The van der Waals surface area contributed by atoms with Crippen molar-refractivity contribution in [1.29, 1.82) is 0 Å². The molecule has 2 aromatic carbocycles. The first kappa shape index (κ1) is 15.9. The molecule has 0 amide bonds. The first-order valence-corrected chi connectivity index (χ1v) is 10.4. The SMILES string of the molecule is CSc1cccc(-n2c(=O)nc(NC3CC3)c3ccc(C4CC4)cc32)c1. The average molecular weight is 363 g/mol. The van der Waals surface area contributed by atoms with Crippen LogP contribution in [-0.4, -0.2) is 21.8 Å². The molecule has 2 aliphatic carbocycles. The Kier molecular flexibility index (Phi) is 3.78. The molecule has 132 valence electrons. The lowest BCUT2D eigenvalue weighted by molar-refractivity contribution is 0.946. The molecule has 0 atom stereocenters. The zero-order valence-electron chi connectivity index (χ0n) is 14.7. The van der Waals surface area contributed by atoms with E-state index in [-0.39, 0.29) is 5.69 Å². The number of anilines is 1.